The summed E-state index contributed by atoms with van der Waals surface area (Å²) in [7, 11) is 0. The van der Waals surface area contributed by atoms with Crippen molar-refractivity contribution in [2.45, 2.75) is 6.42 Å². The molecule has 1 aromatic heterocycles. The molecule has 0 radical (unpaired) electrons. The molecule has 0 bridgehead atoms. The standard InChI is InChI=1S/C15H12ClNO2S/c16-13-5-4-11(3-1-2-7-18)9-14(13)17-15(19)12-6-8-20-10-12/h4-6,8-10,18H,2,7H2,(H,17,19). The average Bonchev–Trinajstić information content (AvgIpc) is 2.97. The largest absolute Gasteiger partial charge is 0.395 e. The van der Waals surface area contributed by atoms with Crippen LogP contribution in [0.15, 0.2) is 35.0 Å². The molecule has 3 nitrogen and oxygen atoms in total. The van der Waals surface area contributed by atoms with Crippen LogP contribution in [0.4, 0.5) is 5.69 Å². The highest BCUT2D eigenvalue weighted by atomic mass is 35.5. The normalized spacial score (nSPS) is 9.70. The summed E-state index contributed by atoms with van der Waals surface area (Å²) in [5, 5.41) is 15.5. The minimum absolute atomic E-state index is 0.0301. The fraction of sp³-hybridized carbons (Fsp3) is 0.133. The summed E-state index contributed by atoms with van der Waals surface area (Å²) in [4.78, 5) is 12.0. The maximum Gasteiger partial charge on any atom is 0.256 e. The van der Waals surface area contributed by atoms with Gasteiger partial charge in [0, 0.05) is 17.4 Å². The first-order valence-electron chi connectivity index (χ1n) is 5.93. The van der Waals surface area contributed by atoms with Gasteiger partial charge in [0.1, 0.15) is 0 Å². The molecule has 0 saturated carbocycles. The molecule has 2 N–H and O–H groups in total. The summed E-state index contributed by atoms with van der Waals surface area (Å²) >= 11 is 7.52. The zero-order valence-electron chi connectivity index (χ0n) is 10.5. The molecule has 1 amide bonds. The number of carbonyl (C=O) groups excluding carboxylic acids is 1. The van der Waals surface area contributed by atoms with Gasteiger partial charge in [0.2, 0.25) is 0 Å². The molecule has 0 aliphatic heterocycles. The molecule has 2 rings (SSSR count). The smallest absolute Gasteiger partial charge is 0.256 e. The van der Waals surface area contributed by atoms with Crippen LogP contribution in [-0.2, 0) is 0 Å². The molecule has 0 unspecified atom stereocenters. The zero-order valence-corrected chi connectivity index (χ0v) is 12.1. The summed E-state index contributed by atoms with van der Waals surface area (Å²) in [5.74, 6) is 5.53. The fourth-order valence-corrected chi connectivity index (χ4v) is 2.31. The Bertz CT molecular complexity index is 656. The van der Waals surface area contributed by atoms with Crippen LogP contribution in [0.2, 0.25) is 5.02 Å². The summed E-state index contributed by atoms with van der Waals surface area (Å²) in [6, 6.07) is 6.93. The van der Waals surface area contributed by atoms with Crippen LogP contribution >= 0.6 is 22.9 Å². The minimum Gasteiger partial charge on any atom is -0.395 e. The van der Waals surface area contributed by atoms with Crippen molar-refractivity contribution in [3.05, 3.63) is 51.2 Å². The van der Waals surface area contributed by atoms with Gasteiger partial charge in [0.15, 0.2) is 0 Å². The van der Waals surface area contributed by atoms with E-state index in [0.717, 1.165) is 5.56 Å². The number of carbonyl (C=O) groups is 1. The number of rotatable bonds is 3. The molecule has 20 heavy (non-hydrogen) atoms. The molecule has 5 heteroatoms. The zero-order chi connectivity index (χ0) is 14.4. The third kappa shape index (κ3) is 3.84. The van der Waals surface area contributed by atoms with Gasteiger partial charge in [-0.05, 0) is 29.6 Å². The Balaban J connectivity index is 2.17. The van der Waals surface area contributed by atoms with Gasteiger partial charge in [-0.1, -0.05) is 23.4 Å². The molecular formula is C15H12ClNO2S. The van der Waals surface area contributed by atoms with Crippen LogP contribution in [0.5, 0.6) is 0 Å². The van der Waals surface area contributed by atoms with Crippen LogP contribution in [0.1, 0.15) is 22.3 Å². The van der Waals surface area contributed by atoms with E-state index < -0.39 is 0 Å². The predicted octanol–water partition coefficient (Wildman–Crippen LogP) is 3.39. The van der Waals surface area contributed by atoms with E-state index in [2.05, 4.69) is 17.2 Å². The Labute approximate surface area is 126 Å². The van der Waals surface area contributed by atoms with Crippen LogP contribution in [-0.4, -0.2) is 17.6 Å². The van der Waals surface area contributed by atoms with E-state index in [4.69, 9.17) is 16.7 Å². The third-order valence-corrected chi connectivity index (χ3v) is 3.48. The number of thiophene rings is 1. The second kappa shape index (κ2) is 7.11. The van der Waals surface area contributed by atoms with Gasteiger partial charge in [0.25, 0.3) is 5.91 Å². The van der Waals surface area contributed by atoms with Crippen LogP contribution in [0.3, 0.4) is 0 Å². The second-order valence-corrected chi connectivity index (χ2v) is 5.12. The van der Waals surface area contributed by atoms with Gasteiger partial charge >= 0.3 is 0 Å². The van der Waals surface area contributed by atoms with Crippen molar-refractivity contribution in [3.63, 3.8) is 0 Å². The minimum atomic E-state index is -0.200. The Morgan fingerprint density at radius 2 is 2.25 bits per heavy atom. The lowest BCUT2D eigenvalue weighted by Gasteiger charge is -2.06. The summed E-state index contributed by atoms with van der Waals surface area (Å²) in [6.07, 6.45) is 0.416. The van der Waals surface area contributed by atoms with Crippen LogP contribution in [0.25, 0.3) is 0 Å². The summed E-state index contributed by atoms with van der Waals surface area (Å²) in [5.41, 5.74) is 1.87. The molecule has 0 saturated heterocycles. The molecule has 0 atom stereocenters. The van der Waals surface area contributed by atoms with Crippen LogP contribution in [0, 0.1) is 11.8 Å². The van der Waals surface area contributed by atoms with Gasteiger partial charge in [-0.2, -0.15) is 11.3 Å². The number of amides is 1. The summed E-state index contributed by atoms with van der Waals surface area (Å²) in [6.45, 7) is 0.0301. The van der Waals surface area contributed by atoms with E-state index in [0.29, 0.717) is 22.7 Å². The van der Waals surface area contributed by atoms with Gasteiger partial charge in [-0.15, -0.1) is 0 Å². The van der Waals surface area contributed by atoms with Crippen molar-refractivity contribution in [2.24, 2.45) is 0 Å². The average molecular weight is 306 g/mol. The molecule has 0 aliphatic carbocycles. The summed E-state index contributed by atoms with van der Waals surface area (Å²) < 4.78 is 0. The highest BCUT2D eigenvalue weighted by Crippen LogP contribution is 2.23. The molecule has 102 valence electrons. The Morgan fingerprint density at radius 3 is 2.95 bits per heavy atom. The lowest BCUT2D eigenvalue weighted by molar-refractivity contribution is 0.102. The number of anilines is 1. The van der Waals surface area contributed by atoms with Crippen molar-refractivity contribution in [1.29, 1.82) is 0 Å². The molecule has 0 aliphatic rings. The molecule has 0 spiro atoms. The van der Waals surface area contributed by atoms with Crippen molar-refractivity contribution in [3.8, 4) is 11.8 Å². The number of hydrogen-bond acceptors (Lipinski definition) is 3. The Kier molecular flexibility index (Phi) is 5.19. The maximum absolute atomic E-state index is 12.0. The first-order valence-corrected chi connectivity index (χ1v) is 7.25. The topological polar surface area (TPSA) is 49.3 Å². The van der Waals surface area contributed by atoms with Gasteiger partial charge in [-0.25, -0.2) is 0 Å². The third-order valence-electron chi connectivity index (χ3n) is 2.47. The van der Waals surface area contributed by atoms with Crippen molar-refractivity contribution in [1.82, 2.24) is 0 Å². The number of aliphatic hydroxyl groups is 1. The number of hydrogen-bond donors (Lipinski definition) is 2. The van der Waals surface area contributed by atoms with Gasteiger partial charge in [-0.3, -0.25) is 4.79 Å². The van der Waals surface area contributed by atoms with Gasteiger partial charge < -0.3 is 10.4 Å². The highest BCUT2D eigenvalue weighted by Gasteiger charge is 2.09. The molecule has 2 aromatic rings. The first kappa shape index (κ1) is 14.6. The number of aliphatic hydroxyl groups excluding tert-OH is 1. The maximum atomic E-state index is 12.0. The number of benzene rings is 1. The van der Waals surface area contributed by atoms with E-state index in [1.807, 2.05) is 5.38 Å². The molecule has 1 aromatic carbocycles. The fourth-order valence-electron chi connectivity index (χ4n) is 1.51. The first-order chi connectivity index (χ1) is 9.70. The number of halogens is 1. The Morgan fingerprint density at radius 1 is 1.40 bits per heavy atom. The van der Waals surface area contributed by atoms with E-state index in [9.17, 15) is 4.79 Å². The van der Waals surface area contributed by atoms with E-state index in [1.165, 1.54) is 11.3 Å². The SMILES string of the molecule is O=C(Nc1cc(C#CCCO)ccc1Cl)c1ccsc1. The van der Waals surface area contributed by atoms with E-state index in [-0.39, 0.29) is 12.5 Å². The molecule has 0 fully saturated rings. The van der Waals surface area contributed by atoms with Crippen molar-refractivity contribution in [2.75, 3.05) is 11.9 Å². The lowest BCUT2D eigenvalue weighted by Crippen LogP contribution is -2.11. The van der Waals surface area contributed by atoms with Crippen molar-refractivity contribution >= 4 is 34.5 Å². The van der Waals surface area contributed by atoms with Gasteiger partial charge in [0.05, 0.1) is 22.9 Å². The highest BCUT2D eigenvalue weighted by molar-refractivity contribution is 7.08. The molecular weight excluding hydrogens is 294 g/mol. The van der Waals surface area contributed by atoms with E-state index >= 15 is 0 Å². The predicted molar refractivity (Wildman–Crippen MR) is 82.3 cm³/mol. The van der Waals surface area contributed by atoms with Crippen molar-refractivity contribution < 1.29 is 9.90 Å². The number of nitrogens with one attached hydrogen (secondary N) is 1. The quantitative estimate of drug-likeness (QED) is 0.854. The Hall–Kier alpha value is -1.80. The second-order valence-electron chi connectivity index (χ2n) is 3.94. The molecule has 1 heterocycles. The lowest BCUT2D eigenvalue weighted by atomic mass is 10.2. The van der Waals surface area contributed by atoms with Crippen LogP contribution < -0.4 is 5.32 Å². The van der Waals surface area contributed by atoms with E-state index in [1.54, 1.807) is 29.6 Å². The monoisotopic (exact) mass is 305 g/mol.